The molecule has 2 aromatic heterocycles. The number of anilines is 1. The highest BCUT2D eigenvalue weighted by atomic mass is 32.2. The molecule has 4 N–H and O–H groups in total. The molecule has 38 heavy (non-hydrogen) atoms. The van der Waals surface area contributed by atoms with Crippen molar-refractivity contribution in [3.63, 3.8) is 0 Å². The molecule has 2 heterocycles. The average Bonchev–Trinajstić information content (AvgIpc) is 3.10. The van der Waals surface area contributed by atoms with Crippen LogP contribution in [0.4, 0.5) is 14.6 Å². The second-order valence-corrected chi connectivity index (χ2v) is 11.3. The van der Waals surface area contributed by atoms with Gasteiger partial charge in [0.25, 0.3) is 0 Å². The van der Waals surface area contributed by atoms with Crippen LogP contribution in [0.1, 0.15) is 36.8 Å². The number of nitrogens with one attached hydrogen (secondary N) is 1. The van der Waals surface area contributed by atoms with Crippen LogP contribution in [0.15, 0.2) is 48.5 Å². The smallest absolute Gasteiger partial charge is 0.231 e. The van der Waals surface area contributed by atoms with Gasteiger partial charge in [-0.25, -0.2) is 22.2 Å². The molecule has 0 radical (unpaired) electrons. The van der Waals surface area contributed by atoms with Gasteiger partial charge in [-0.3, -0.25) is 9.40 Å². The van der Waals surface area contributed by atoms with E-state index in [1.165, 1.54) is 12.1 Å². The first-order valence-electron chi connectivity index (χ1n) is 11.6. The highest BCUT2D eigenvalue weighted by Gasteiger charge is 2.21. The quantitative estimate of drug-likeness (QED) is 0.322. The minimum absolute atomic E-state index is 0.0826. The number of aliphatic hydroxyl groups is 1. The van der Waals surface area contributed by atoms with Crippen molar-refractivity contribution in [1.29, 1.82) is 0 Å². The Morgan fingerprint density at radius 3 is 2.45 bits per heavy atom. The van der Waals surface area contributed by atoms with E-state index in [1.54, 1.807) is 49.8 Å². The number of hydrogen-bond acceptors (Lipinski definition) is 6. The number of rotatable bonds is 6. The number of nitrogens with zero attached hydrogens (tertiary/aromatic N) is 3. The molecular weight excluding hydrogens is 512 g/mol. The summed E-state index contributed by atoms with van der Waals surface area (Å²) in [7, 11) is -1.89. The molecule has 0 bridgehead atoms. The van der Waals surface area contributed by atoms with E-state index in [4.69, 9.17) is 5.73 Å². The van der Waals surface area contributed by atoms with E-state index in [-0.39, 0.29) is 12.2 Å². The van der Waals surface area contributed by atoms with Gasteiger partial charge in [0, 0.05) is 29.6 Å². The summed E-state index contributed by atoms with van der Waals surface area (Å²) in [6.07, 6.45) is 1.13. The molecular formula is C27H27F2N5O3S. The van der Waals surface area contributed by atoms with Crippen LogP contribution in [-0.2, 0) is 23.5 Å². The highest BCUT2D eigenvalue weighted by Crippen LogP contribution is 2.36. The zero-order chi connectivity index (χ0) is 27.8. The molecule has 0 aliphatic heterocycles. The van der Waals surface area contributed by atoms with E-state index < -0.39 is 33.3 Å². The molecule has 0 aliphatic rings. The van der Waals surface area contributed by atoms with Gasteiger partial charge in [-0.2, -0.15) is 5.10 Å². The third-order valence-electron chi connectivity index (χ3n) is 5.59. The molecule has 198 valence electrons. The largest absolute Gasteiger partial charge is 0.378 e. The second-order valence-electron chi connectivity index (χ2n) is 9.57. The van der Waals surface area contributed by atoms with Gasteiger partial charge < -0.3 is 10.8 Å². The average molecular weight is 540 g/mol. The van der Waals surface area contributed by atoms with E-state index in [1.807, 2.05) is 6.07 Å². The summed E-state index contributed by atoms with van der Waals surface area (Å²) in [5.74, 6) is 4.30. The topological polar surface area (TPSA) is 123 Å². The van der Waals surface area contributed by atoms with Crippen molar-refractivity contribution in [2.45, 2.75) is 31.9 Å². The number of aryl methyl sites for hydroxylation is 1. The van der Waals surface area contributed by atoms with Crippen LogP contribution in [0.25, 0.3) is 22.0 Å². The zero-order valence-corrected chi connectivity index (χ0v) is 22.1. The van der Waals surface area contributed by atoms with Gasteiger partial charge in [-0.15, -0.1) is 0 Å². The van der Waals surface area contributed by atoms with Crippen LogP contribution in [0, 0.1) is 23.5 Å². The van der Waals surface area contributed by atoms with Crippen molar-refractivity contribution < 1.29 is 22.3 Å². The fraction of sp³-hybridized carbons (Fsp3) is 0.259. The summed E-state index contributed by atoms with van der Waals surface area (Å²) >= 11 is 0. The maximum Gasteiger partial charge on any atom is 0.231 e. The second kappa shape index (κ2) is 10.1. The van der Waals surface area contributed by atoms with Crippen molar-refractivity contribution in [2.75, 3.05) is 11.0 Å². The van der Waals surface area contributed by atoms with Gasteiger partial charge in [0.2, 0.25) is 10.0 Å². The summed E-state index contributed by atoms with van der Waals surface area (Å²) in [6.45, 7) is 3.09. The van der Waals surface area contributed by atoms with Gasteiger partial charge >= 0.3 is 0 Å². The van der Waals surface area contributed by atoms with Crippen LogP contribution >= 0.6 is 0 Å². The molecule has 0 saturated heterocycles. The third kappa shape index (κ3) is 6.34. The van der Waals surface area contributed by atoms with E-state index in [0.29, 0.717) is 39.0 Å². The first-order valence-corrected chi connectivity index (χ1v) is 13.5. The Kier molecular flexibility index (Phi) is 7.25. The SMILES string of the molecule is Cn1nc(NS(C)(=O)=O)c2cccc(-c3ccc(C#CC(C)(C)O)nc3[C@@H](N)Cc3cc(F)cc(F)c3)c21. The number of hydrogen-bond donors (Lipinski definition) is 3. The molecule has 2 aromatic carbocycles. The van der Waals surface area contributed by atoms with Crippen LogP contribution in [0.2, 0.25) is 0 Å². The number of halogens is 2. The molecule has 0 unspecified atom stereocenters. The summed E-state index contributed by atoms with van der Waals surface area (Å²) < 4.78 is 55.4. The van der Waals surface area contributed by atoms with Crippen LogP contribution in [-0.4, -0.2) is 40.1 Å². The van der Waals surface area contributed by atoms with Crippen LogP contribution < -0.4 is 10.5 Å². The standard InChI is InChI=1S/C27H27F2N5O3S/c1-27(2,35)11-10-19-8-9-20(24(31-19)23(30)14-16-12-17(28)15-18(29)13-16)21-6-5-7-22-25(21)34(3)32-26(22)33-38(4,36)37/h5-9,12-13,15,23,35H,14,30H2,1-4H3,(H,32,33)/t23-/m0/s1. The summed E-state index contributed by atoms with van der Waals surface area (Å²) in [4.78, 5) is 4.66. The maximum atomic E-state index is 13.8. The minimum Gasteiger partial charge on any atom is -0.378 e. The van der Waals surface area contributed by atoms with Gasteiger partial charge in [0.1, 0.15) is 22.9 Å². The van der Waals surface area contributed by atoms with E-state index in [9.17, 15) is 22.3 Å². The lowest BCUT2D eigenvalue weighted by atomic mass is 9.94. The number of para-hydroxylation sites is 1. The summed E-state index contributed by atoms with van der Waals surface area (Å²) in [5, 5.41) is 14.9. The number of fused-ring (bicyclic) bond motifs is 1. The first-order chi connectivity index (χ1) is 17.7. The van der Waals surface area contributed by atoms with Gasteiger partial charge in [-0.05, 0) is 62.1 Å². The number of pyridine rings is 1. The van der Waals surface area contributed by atoms with Crippen LogP contribution in [0.5, 0.6) is 0 Å². The minimum atomic E-state index is -3.58. The molecule has 4 rings (SSSR count). The van der Waals surface area contributed by atoms with Crippen LogP contribution in [0.3, 0.4) is 0 Å². The lowest BCUT2D eigenvalue weighted by Gasteiger charge is -2.17. The number of nitrogens with two attached hydrogens (primary N) is 1. The fourth-order valence-electron chi connectivity index (χ4n) is 4.16. The van der Waals surface area contributed by atoms with Gasteiger partial charge in [0.15, 0.2) is 5.82 Å². The monoisotopic (exact) mass is 539 g/mol. The Bertz CT molecular complexity index is 1680. The Labute approximate surface area is 219 Å². The van der Waals surface area contributed by atoms with E-state index in [0.717, 1.165) is 12.3 Å². The summed E-state index contributed by atoms with van der Waals surface area (Å²) in [6, 6.07) is 11.2. The van der Waals surface area contributed by atoms with Crippen molar-refractivity contribution in [1.82, 2.24) is 14.8 Å². The molecule has 11 heteroatoms. The third-order valence-corrected chi connectivity index (χ3v) is 6.15. The van der Waals surface area contributed by atoms with Gasteiger partial charge in [0.05, 0.1) is 23.5 Å². The Balaban J connectivity index is 1.89. The molecule has 8 nitrogen and oxygen atoms in total. The molecule has 0 spiro atoms. The number of benzene rings is 2. The maximum absolute atomic E-state index is 13.8. The van der Waals surface area contributed by atoms with Crippen molar-refractivity contribution >= 4 is 26.7 Å². The van der Waals surface area contributed by atoms with Gasteiger partial charge in [-0.1, -0.05) is 18.1 Å². The predicted octanol–water partition coefficient (Wildman–Crippen LogP) is 3.65. The van der Waals surface area contributed by atoms with E-state index in [2.05, 4.69) is 26.6 Å². The Hall–Kier alpha value is -3.85. The summed E-state index contributed by atoms with van der Waals surface area (Å²) in [5.41, 5.74) is 8.35. The van der Waals surface area contributed by atoms with E-state index >= 15 is 0 Å². The lowest BCUT2D eigenvalue weighted by Crippen LogP contribution is -2.17. The molecule has 0 fully saturated rings. The highest BCUT2D eigenvalue weighted by molar-refractivity contribution is 7.92. The van der Waals surface area contributed by atoms with Crippen molar-refractivity contribution in [3.8, 4) is 23.0 Å². The Morgan fingerprint density at radius 2 is 1.82 bits per heavy atom. The number of sulfonamides is 1. The first kappa shape index (κ1) is 27.2. The van der Waals surface area contributed by atoms with Crippen molar-refractivity contribution in [2.24, 2.45) is 12.8 Å². The number of aromatic nitrogens is 3. The molecule has 0 aliphatic carbocycles. The molecule has 0 amide bonds. The lowest BCUT2D eigenvalue weighted by molar-refractivity contribution is 0.143. The Morgan fingerprint density at radius 1 is 1.13 bits per heavy atom. The zero-order valence-electron chi connectivity index (χ0n) is 21.3. The molecule has 4 aromatic rings. The molecule has 1 atom stereocenters. The normalized spacial score (nSPS) is 12.7. The van der Waals surface area contributed by atoms with Crippen molar-refractivity contribution in [3.05, 3.63) is 77.1 Å². The fourth-order valence-corrected chi connectivity index (χ4v) is 4.66. The predicted molar refractivity (Wildman–Crippen MR) is 143 cm³/mol. The molecule has 0 saturated carbocycles.